The number of hydrazone groups is 1. The minimum Gasteiger partial charge on any atom is -0.340 e. The van der Waals surface area contributed by atoms with E-state index in [2.05, 4.69) is 31.8 Å². The highest BCUT2D eigenvalue weighted by Gasteiger charge is 2.30. The molecule has 2 atom stereocenters. The zero-order chi connectivity index (χ0) is 22.0. The van der Waals surface area contributed by atoms with Crippen LogP contribution in [0.4, 0.5) is 0 Å². The second-order valence-electron chi connectivity index (χ2n) is 7.12. The third-order valence-electron chi connectivity index (χ3n) is 5.02. The van der Waals surface area contributed by atoms with Crippen molar-refractivity contribution in [3.8, 4) is 0 Å². The van der Waals surface area contributed by atoms with Gasteiger partial charge < -0.3 is 10.7 Å². The van der Waals surface area contributed by atoms with Crippen LogP contribution in [0.5, 0.6) is 0 Å². The number of amides is 1. The summed E-state index contributed by atoms with van der Waals surface area (Å²) in [6, 6.07) is 19.5. The van der Waals surface area contributed by atoms with E-state index in [1.165, 1.54) is 0 Å². The lowest BCUT2D eigenvalue weighted by atomic mass is 9.95. The fourth-order valence-electron chi connectivity index (χ4n) is 3.45. The number of benzene rings is 3. The van der Waals surface area contributed by atoms with Crippen molar-refractivity contribution in [2.45, 2.75) is 18.5 Å². The summed E-state index contributed by atoms with van der Waals surface area (Å²) in [5.74, 6) is -0.270. The Morgan fingerprint density at radius 3 is 2.48 bits per heavy atom. The van der Waals surface area contributed by atoms with Crippen molar-refractivity contribution < 1.29 is 4.79 Å². The van der Waals surface area contributed by atoms with Crippen LogP contribution >= 0.6 is 50.7 Å². The molecule has 1 amide bonds. The average Bonchev–Trinajstić information content (AvgIpc) is 3.23. The van der Waals surface area contributed by atoms with Gasteiger partial charge in [-0.25, -0.2) is 0 Å². The maximum Gasteiger partial charge on any atom is 0.252 e. The van der Waals surface area contributed by atoms with Gasteiger partial charge in [0, 0.05) is 31.5 Å². The molecule has 3 aromatic carbocycles. The molecule has 1 aliphatic heterocycles. The molecule has 0 saturated heterocycles. The lowest BCUT2D eigenvalue weighted by Crippen LogP contribution is -2.33. The molecule has 0 aliphatic carbocycles. The highest BCUT2D eigenvalue weighted by atomic mass is 79.9. The van der Waals surface area contributed by atoms with Crippen LogP contribution in [0, 0.1) is 0 Å². The van der Waals surface area contributed by atoms with E-state index in [0.29, 0.717) is 27.1 Å². The second-order valence-corrected chi connectivity index (χ2v) is 9.32. The van der Waals surface area contributed by atoms with E-state index in [-0.39, 0.29) is 11.9 Å². The topological polar surface area (TPSA) is 53.5 Å². The van der Waals surface area contributed by atoms with Crippen LogP contribution in [0.1, 0.15) is 40.0 Å². The average molecular weight is 538 g/mol. The van der Waals surface area contributed by atoms with Crippen molar-refractivity contribution >= 4 is 62.4 Å². The van der Waals surface area contributed by atoms with Crippen LogP contribution in [0.15, 0.2) is 76.3 Å². The Morgan fingerprint density at radius 2 is 1.77 bits per heavy atom. The lowest BCUT2D eigenvalue weighted by molar-refractivity contribution is 0.0946. The van der Waals surface area contributed by atoms with E-state index in [1.807, 2.05) is 30.3 Å². The number of halogens is 4. The van der Waals surface area contributed by atoms with Crippen molar-refractivity contribution in [1.29, 1.82) is 0 Å². The number of nitrogens with one attached hydrogen (secondary N) is 2. The molecule has 0 aromatic heterocycles. The minimum absolute atomic E-state index is 0.000234. The van der Waals surface area contributed by atoms with E-state index in [1.54, 1.807) is 36.4 Å². The lowest BCUT2D eigenvalue weighted by Gasteiger charge is -2.21. The van der Waals surface area contributed by atoms with Gasteiger partial charge in [-0.05, 0) is 53.6 Å². The first-order valence-electron chi connectivity index (χ1n) is 9.49. The summed E-state index contributed by atoms with van der Waals surface area (Å²) >= 11 is 22.1. The van der Waals surface area contributed by atoms with E-state index in [9.17, 15) is 4.79 Å². The van der Waals surface area contributed by atoms with Crippen LogP contribution in [0.3, 0.4) is 0 Å². The normalized spacial score (nSPS) is 16.4. The summed E-state index contributed by atoms with van der Waals surface area (Å²) in [6.45, 7) is 0. The van der Waals surface area contributed by atoms with Crippen molar-refractivity contribution in [3.63, 3.8) is 0 Å². The van der Waals surface area contributed by atoms with Crippen molar-refractivity contribution in [1.82, 2.24) is 10.7 Å². The fourth-order valence-corrected chi connectivity index (χ4v) is 4.42. The van der Waals surface area contributed by atoms with Crippen molar-refractivity contribution in [2.75, 3.05) is 0 Å². The van der Waals surface area contributed by atoms with E-state index < -0.39 is 6.04 Å². The quantitative estimate of drug-likeness (QED) is 0.369. The molecule has 0 spiro atoms. The fraction of sp³-hybridized carbons (Fsp3) is 0.130. The first-order valence-corrected chi connectivity index (χ1v) is 11.4. The first-order chi connectivity index (χ1) is 14.9. The van der Waals surface area contributed by atoms with Crippen LogP contribution in [-0.2, 0) is 0 Å². The predicted octanol–water partition coefficient (Wildman–Crippen LogP) is 6.97. The maximum atomic E-state index is 13.0. The highest BCUT2D eigenvalue weighted by molar-refractivity contribution is 9.10. The van der Waals surface area contributed by atoms with Gasteiger partial charge in [0.15, 0.2) is 0 Å². The summed E-state index contributed by atoms with van der Waals surface area (Å²) in [4.78, 5) is 13.0. The summed E-state index contributed by atoms with van der Waals surface area (Å²) in [7, 11) is 0. The summed E-state index contributed by atoms with van der Waals surface area (Å²) in [5.41, 5.74) is 6.23. The molecule has 1 aliphatic rings. The molecule has 31 heavy (non-hydrogen) atoms. The third-order valence-corrected chi connectivity index (χ3v) is 6.34. The standard InChI is InChI=1S/C23H17BrCl3N3O/c24-15-6-4-13(5-7-15)20-12-21(30-29-20)22(18-9-8-17(26)11-19(18)27)28-23(31)14-2-1-3-16(25)10-14/h1-11,20,22,29H,12H2,(H,28,31). The van der Waals surface area contributed by atoms with Gasteiger partial charge >= 0.3 is 0 Å². The number of carbonyl (C=O) groups is 1. The van der Waals surface area contributed by atoms with Crippen LogP contribution < -0.4 is 10.7 Å². The summed E-state index contributed by atoms with van der Waals surface area (Å²) in [5, 5.41) is 9.07. The Labute approximate surface area is 203 Å². The zero-order valence-electron chi connectivity index (χ0n) is 16.1. The largest absolute Gasteiger partial charge is 0.340 e. The van der Waals surface area contributed by atoms with Gasteiger partial charge in [-0.2, -0.15) is 5.10 Å². The van der Waals surface area contributed by atoms with Gasteiger partial charge in [-0.15, -0.1) is 0 Å². The second kappa shape index (κ2) is 9.61. The van der Waals surface area contributed by atoms with Gasteiger partial charge in [0.2, 0.25) is 0 Å². The Morgan fingerprint density at radius 1 is 1.03 bits per heavy atom. The van der Waals surface area contributed by atoms with Gasteiger partial charge in [-0.3, -0.25) is 4.79 Å². The van der Waals surface area contributed by atoms with Gasteiger partial charge in [0.25, 0.3) is 5.91 Å². The number of nitrogens with zero attached hydrogens (tertiary/aromatic N) is 1. The SMILES string of the molecule is O=C(NC(C1=NNC(c2ccc(Br)cc2)C1)c1ccc(Cl)cc1Cl)c1cccc(Cl)c1. The minimum atomic E-state index is -0.524. The third kappa shape index (κ3) is 5.24. The van der Waals surface area contributed by atoms with Gasteiger partial charge in [0.05, 0.1) is 17.8 Å². The molecule has 8 heteroatoms. The van der Waals surface area contributed by atoms with Crippen molar-refractivity contribution in [2.24, 2.45) is 5.10 Å². The number of carbonyl (C=O) groups excluding carboxylic acids is 1. The molecular formula is C23H17BrCl3N3O. The van der Waals surface area contributed by atoms with E-state index in [0.717, 1.165) is 21.3 Å². The Kier molecular flexibility index (Phi) is 6.87. The molecule has 0 saturated carbocycles. The van der Waals surface area contributed by atoms with Crippen LogP contribution in [0.25, 0.3) is 0 Å². The van der Waals surface area contributed by atoms with E-state index >= 15 is 0 Å². The van der Waals surface area contributed by atoms with Crippen LogP contribution in [0.2, 0.25) is 15.1 Å². The van der Waals surface area contributed by atoms with Crippen molar-refractivity contribution in [3.05, 3.63) is 103 Å². The van der Waals surface area contributed by atoms with Gasteiger partial charge in [-0.1, -0.05) is 75.0 Å². The predicted molar refractivity (Wildman–Crippen MR) is 130 cm³/mol. The molecule has 4 rings (SSSR count). The van der Waals surface area contributed by atoms with Crippen LogP contribution in [-0.4, -0.2) is 11.6 Å². The zero-order valence-corrected chi connectivity index (χ0v) is 19.9. The molecule has 1 heterocycles. The molecule has 158 valence electrons. The summed E-state index contributed by atoms with van der Waals surface area (Å²) < 4.78 is 1.01. The molecular weight excluding hydrogens is 521 g/mol. The maximum absolute atomic E-state index is 13.0. The molecule has 3 aromatic rings. The number of hydrogen-bond acceptors (Lipinski definition) is 3. The first kappa shape index (κ1) is 22.2. The Hall–Kier alpha value is -2.05. The Bertz CT molecular complexity index is 1150. The molecule has 0 radical (unpaired) electrons. The molecule has 0 bridgehead atoms. The summed E-state index contributed by atoms with van der Waals surface area (Å²) in [6.07, 6.45) is 0.612. The van der Waals surface area contributed by atoms with E-state index in [4.69, 9.17) is 34.8 Å². The highest BCUT2D eigenvalue weighted by Crippen LogP contribution is 2.33. The van der Waals surface area contributed by atoms with Gasteiger partial charge in [0.1, 0.15) is 0 Å². The monoisotopic (exact) mass is 535 g/mol. The molecule has 2 unspecified atom stereocenters. The molecule has 4 nitrogen and oxygen atoms in total. The number of hydrogen-bond donors (Lipinski definition) is 2. The number of rotatable bonds is 5. The Balaban J connectivity index is 1.62. The smallest absolute Gasteiger partial charge is 0.252 e. The molecule has 0 fully saturated rings. The molecule has 2 N–H and O–H groups in total.